The van der Waals surface area contributed by atoms with Crippen molar-refractivity contribution in [3.63, 3.8) is 0 Å². The minimum atomic E-state index is -2.98. The molecule has 0 spiro atoms. The van der Waals surface area contributed by atoms with Crippen LogP contribution in [0.3, 0.4) is 0 Å². The molecule has 1 aliphatic rings. The summed E-state index contributed by atoms with van der Waals surface area (Å²) in [6, 6.07) is 3.55. The third-order valence-electron chi connectivity index (χ3n) is 2.61. The highest BCUT2D eigenvalue weighted by Crippen LogP contribution is 2.28. The first-order valence-electron chi connectivity index (χ1n) is 5.07. The lowest BCUT2D eigenvalue weighted by atomic mass is 9.97. The van der Waals surface area contributed by atoms with Crippen LogP contribution in [0.5, 0.6) is 5.75 Å². The summed E-state index contributed by atoms with van der Waals surface area (Å²) in [7, 11) is 0. The van der Waals surface area contributed by atoms with Crippen molar-refractivity contribution in [1.29, 1.82) is 0 Å². The molecule has 1 amide bonds. The average Bonchev–Trinajstić information content (AvgIpc) is 2.64. The number of carbonyl (C=O) groups excluding carboxylic acids is 1. The molecule has 3 nitrogen and oxygen atoms in total. The van der Waals surface area contributed by atoms with Crippen LogP contribution in [-0.4, -0.2) is 19.1 Å². The SMILES string of the molecule is O=C1CC(c2ccc(OC(F)F)cc2F)CN1. The quantitative estimate of drug-likeness (QED) is 0.884. The summed E-state index contributed by atoms with van der Waals surface area (Å²) in [4.78, 5) is 11.0. The van der Waals surface area contributed by atoms with E-state index in [1.165, 1.54) is 12.1 Å². The highest BCUT2D eigenvalue weighted by molar-refractivity contribution is 5.79. The predicted octanol–water partition coefficient (Wildman–Crippen LogP) is 2.03. The van der Waals surface area contributed by atoms with E-state index in [2.05, 4.69) is 10.1 Å². The van der Waals surface area contributed by atoms with Gasteiger partial charge in [0.05, 0.1) is 0 Å². The van der Waals surface area contributed by atoms with E-state index in [-0.39, 0.29) is 24.0 Å². The largest absolute Gasteiger partial charge is 0.435 e. The molecule has 0 aromatic heterocycles. The Morgan fingerprint density at radius 2 is 2.18 bits per heavy atom. The maximum absolute atomic E-state index is 13.6. The third-order valence-corrected chi connectivity index (χ3v) is 2.61. The Balaban J connectivity index is 2.17. The van der Waals surface area contributed by atoms with Crippen LogP contribution in [-0.2, 0) is 4.79 Å². The van der Waals surface area contributed by atoms with E-state index in [0.29, 0.717) is 12.1 Å². The first kappa shape index (κ1) is 11.8. The van der Waals surface area contributed by atoms with Crippen molar-refractivity contribution >= 4 is 5.91 Å². The van der Waals surface area contributed by atoms with Gasteiger partial charge in [-0.1, -0.05) is 6.07 Å². The number of carbonyl (C=O) groups is 1. The van der Waals surface area contributed by atoms with E-state index in [4.69, 9.17) is 0 Å². The van der Waals surface area contributed by atoms with Crippen molar-refractivity contribution in [2.75, 3.05) is 6.54 Å². The Kier molecular flexibility index (Phi) is 3.21. The molecule has 1 saturated heterocycles. The molecule has 1 aromatic rings. The third kappa shape index (κ3) is 2.69. The van der Waals surface area contributed by atoms with Crippen LogP contribution in [0.2, 0.25) is 0 Å². The summed E-state index contributed by atoms with van der Waals surface area (Å²) in [6.45, 7) is -2.61. The van der Waals surface area contributed by atoms with Crippen LogP contribution in [0, 0.1) is 5.82 Å². The molecule has 1 unspecified atom stereocenters. The van der Waals surface area contributed by atoms with Gasteiger partial charge in [0.1, 0.15) is 11.6 Å². The molecule has 17 heavy (non-hydrogen) atoms. The molecule has 2 rings (SSSR count). The van der Waals surface area contributed by atoms with Gasteiger partial charge in [-0.15, -0.1) is 0 Å². The number of amides is 1. The molecule has 1 atom stereocenters. The molecule has 92 valence electrons. The fraction of sp³-hybridized carbons (Fsp3) is 0.364. The zero-order chi connectivity index (χ0) is 12.4. The van der Waals surface area contributed by atoms with E-state index < -0.39 is 12.4 Å². The number of rotatable bonds is 3. The number of nitrogens with one attached hydrogen (secondary N) is 1. The minimum Gasteiger partial charge on any atom is -0.435 e. The van der Waals surface area contributed by atoms with E-state index >= 15 is 0 Å². The van der Waals surface area contributed by atoms with Crippen molar-refractivity contribution < 1.29 is 22.7 Å². The van der Waals surface area contributed by atoms with Gasteiger partial charge in [-0.05, 0) is 11.6 Å². The molecule has 1 aliphatic heterocycles. The summed E-state index contributed by atoms with van der Waals surface area (Å²) < 4.78 is 41.5. The Bertz CT molecular complexity index is 437. The van der Waals surface area contributed by atoms with Crippen LogP contribution in [0.25, 0.3) is 0 Å². The van der Waals surface area contributed by atoms with Crippen LogP contribution in [0.1, 0.15) is 17.9 Å². The second kappa shape index (κ2) is 4.65. The van der Waals surface area contributed by atoms with Gasteiger partial charge >= 0.3 is 6.61 Å². The zero-order valence-corrected chi connectivity index (χ0v) is 8.75. The van der Waals surface area contributed by atoms with Crippen molar-refractivity contribution in [3.05, 3.63) is 29.6 Å². The van der Waals surface area contributed by atoms with Gasteiger partial charge in [0.15, 0.2) is 0 Å². The minimum absolute atomic E-state index is 0.137. The predicted molar refractivity (Wildman–Crippen MR) is 53.4 cm³/mol. The number of halogens is 3. The molecule has 0 bridgehead atoms. The second-order valence-electron chi connectivity index (χ2n) is 3.77. The summed E-state index contributed by atoms with van der Waals surface area (Å²) >= 11 is 0. The summed E-state index contributed by atoms with van der Waals surface area (Å²) in [5.41, 5.74) is 0.338. The summed E-state index contributed by atoms with van der Waals surface area (Å²) in [5, 5.41) is 2.59. The molecule has 1 N–H and O–H groups in total. The smallest absolute Gasteiger partial charge is 0.387 e. The summed E-state index contributed by atoms with van der Waals surface area (Å²) in [5.74, 6) is -1.24. The van der Waals surface area contributed by atoms with Crippen molar-refractivity contribution in [1.82, 2.24) is 5.32 Å². The van der Waals surface area contributed by atoms with Crippen LogP contribution in [0.4, 0.5) is 13.2 Å². The maximum Gasteiger partial charge on any atom is 0.387 e. The van der Waals surface area contributed by atoms with Crippen molar-refractivity contribution in [2.45, 2.75) is 19.0 Å². The summed E-state index contributed by atoms with van der Waals surface area (Å²) in [6.07, 6.45) is 0.214. The topological polar surface area (TPSA) is 38.3 Å². The van der Waals surface area contributed by atoms with Gasteiger partial charge in [0.25, 0.3) is 0 Å². The highest BCUT2D eigenvalue weighted by Gasteiger charge is 2.25. The van der Waals surface area contributed by atoms with Crippen LogP contribution >= 0.6 is 0 Å². The number of hydrogen-bond acceptors (Lipinski definition) is 2. The molecular weight excluding hydrogens is 235 g/mol. The molecule has 0 saturated carbocycles. The van der Waals surface area contributed by atoms with Gasteiger partial charge in [0, 0.05) is 24.9 Å². The van der Waals surface area contributed by atoms with E-state index in [0.717, 1.165) is 6.07 Å². The first-order valence-corrected chi connectivity index (χ1v) is 5.07. The van der Waals surface area contributed by atoms with Crippen molar-refractivity contribution in [3.8, 4) is 5.75 Å². The fourth-order valence-electron chi connectivity index (χ4n) is 1.84. The number of alkyl halides is 2. The lowest BCUT2D eigenvalue weighted by molar-refractivity contribution is -0.119. The van der Waals surface area contributed by atoms with Crippen molar-refractivity contribution in [2.24, 2.45) is 0 Å². The van der Waals surface area contributed by atoms with Gasteiger partial charge in [-0.25, -0.2) is 4.39 Å². The molecule has 1 fully saturated rings. The second-order valence-corrected chi connectivity index (χ2v) is 3.77. The molecule has 1 heterocycles. The lowest BCUT2D eigenvalue weighted by Gasteiger charge is -2.11. The van der Waals surface area contributed by atoms with Crippen LogP contribution in [0.15, 0.2) is 18.2 Å². The standard InChI is InChI=1S/C11H10F3NO2/c12-9-4-7(17-11(13)14)1-2-8(9)6-3-10(16)15-5-6/h1-2,4,6,11H,3,5H2,(H,15,16). The number of ether oxygens (including phenoxy) is 1. The monoisotopic (exact) mass is 245 g/mol. The van der Waals surface area contributed by atoms with Crippen LogP contribution < -0.4 is 10.1 Å². The molecule has 0 aliphatic carbocycles. The first-order chi connectivity index (χ1) is 8.06. The normalized spacial score (nSPS) is 19.5. The zero-order valence-electron chi connectivity index (χ0n) is 8.75. The number of benzene rings is 1. The Morgan fingerprint density at radius 1 is 1.41 bits per heavy atom. The van der Waals surface area contributed by atoms with E-state index in [1.54, 1.807) is 0 Å². The number of hydrogen-bond donors (Lipinski definition) is 1. The molecular formula is C11H10F3NO2. The lowest BCUT2D eigenvalue weighted by Crippen LogP contribution is -2.13. The Labute approximate surface area is 95.6 Å². The molecule has 6 heteroatoms. The molecule has 0 radical (unpaired) electrons. The highest BCUT2D eigenvalue weighted by atomic mass is 19.3. The van der Waals surface area contributed by atoms with Gasteiger partial charge < -0.3 is 10.1 Å². The van der Waals surface area contributed by atoms with Gasteiger partial charge in [-0.3, -0.25) is 4.79 Å². The fourth-order valence-corrected chi connectivity index (χ4v) is 1.84. The van der Waals surface area contributed by atoms with Gasteiger partial charge in [0.2, 0.25) is 5.91 Å². The van der Waals surface area contributed by atoms with E-state index in [1.807, 2.05) is 0 Å². The Hall–Kier alpha value is -1.72. The van der Waals surface area contributed by atoms with E-state index in [9.17, 15) is 18.0 Å². The Morgan fingerprint density at radius 3 is 2.71 bits per heavy atom. The maximum atomic E-state index is 13.6. The molecule has 1 aromatic carbocycles. The van der Waals surface area contributed by atoms with Gasteiger partial charge in [-0.2, -0.15) is 8.78 Å². The average molecular weight is 245 g/mol.